The lowest BCUT2D eigenvalue weighted by Crippen LogP contribution is -1.90. The van der Waals surface area contributed by atoms with Crippen molar-refractivity contribution in [2.24, 2.45) is 0 Å². The molecule has 0 aliphatic rings. The lowest BCUT2D eigenvalue weighted by atomic mass is 10.1. The number of hydrogen-bond donors (Lipinski definition) is 0. The Kier molecular flexibility index (Phi) is 3.39. The monoisotopic (exact) mass is 231 g/mol. The van der Waals surface area contributed by atoms with Crippen molar-refractivity contribution in [1.82, 2.24) is 4.98 Å². The van der Waals surface area contributed by atoms with Crippen LogP contribution in [0.2, 0.25) is 0 Å². The minimum atomic E-state index is 0.565. The van der Waals surface area contributed by atoms with Gasteiger partial charge in [0.1, 0.15) is 5.01 Å². The van der Waals surface area contributed by atoms with E-state index in [2.05, 4.69) is 50.4 Å². The third-order valence-corrected chi connectivity index (χ3v) is 3.85. The molecule has 1 heterocycles. The van der Waals surface area contributed by atoms with Crippen LogP contribution >= 0.6 is 11.3 Å². The van der Waals surface area contributed by atoms with Gasteiger partial charge in [-0.05, 0) is 19.3 Å². The molecular formula is C14H17NS. The number of nitrogens with zero attached hydrogens (tertiary/aromatic N) is 1. The molecule has 1 aromatic heterocycles. The molecule has 0 aliphatic carbocycles. The third-order valence-electron chi connectivity index (χ3n) is 2.94. The molecule has 1 unspecified atom stereocenters. The van der Waals surface area contributed by atoms with Gasteiger partial charge in [-0.25, -0.2) is 4.98 Å². The van der Waals surface area contributed by atoms with Gasteiger partial charge >= 0.3 is 0 Å². The summed E-state index contributed by atoms with van der Waals surface area (Å²) in [5.41, 5.74) is 3.75. The van der Waals surface area contributed by atoms with E-state index in [4.69, 9.17) is 4.98 Å². The van der Waals surface area contributed by atoms with Gasteiger partial charge in [-0.15, -0.1) is 11.3 Å². The molecule has 0 fully saturated rings. The van der Waals surface area contributed by atoms with Crippen LogP contribution in [0, 0.1) is 6.92 Å². The summed E-state index contributed by atoms with van der Waals surface area (Å²) in [5, 5.41) is 3.32. The molecule has 0 saturated carbocycles. The van der Waals surface area contributed by atoms with Crippen molar-refractivity contribution in [3.8, 4) is 10.6 Å². The number of rotatable bonds is 3. The van der Waals surface area contributed by atoms with Gasteiger partial charge in [0.15, 0.2) is 0 Å². The molecule has 2 aromatic rings. The number of benzene rings is 1. The number of aryl methyl sites for hydroxylation is 1. The van der Waals surface area contributed by atoms with Gasteiger partial charge in [-0.1, -0.05) is 43.7 Å². The Morgan fingerprint density at radius 1 is 1.25 bits per heavy atom. The minimum Gasteiger partial charge on any atom is -0.241 e. The van der Waals surface area contributed by atoms with Gasteiger partial charge in [0, 0.05) is 10.9 Å². The van der Waals surface area contributed by atoms with Crippen molar-refractivity contribution in [2.75, 3.05) is 0 Å². The van der Waals surface area contributed by atoms with Crippen LogP contribution in [0.15, 0.2) is 29.6 Å². The highest BCUT2D eigenvalue weighted by atomic mass is 32.1. The molecule has 0 aliphatic heterocycles. The van der Waals surface area contributed by atoms with E-state index in [1.807, 2.05) is 0 Å². The van der Waals surface area contributed by atoms with Crippen LogP contribution in [-0.2, 0) is 0 Å². The molecule has 0 spiro atoms. The first kappa shape index (κ1) is 11.3. The van der Waals surface area contributed by atoms with Gasteiger partial charge < -0.3 is 0 Å². The molecule has 0 bridgehead atoms. The predicted octanol–water partition coefficient (Wildman–Crippen LogP) is 4.63. The second kappa shape index (κ2) is 4.79. The zero-order valence-corrected chi connectivity index (χ0v) is 10.8. The third kappa shape index (κ3) is 2.33. The van der Waals surface area contributed by atoms with Crippen LogP contribution in [0.4, 0.5) is 0 Å². The molecule has 2 heteroatoms. The quantitative estimate of drug-likeness (QED) is 0.750. The maximum absolute atomic E-state index is 4.70. The maximum atomic E-state index is 4.70. The Morgan fingerprint density at radius 2 is 1.94 bits per heavy atom. The lowest BCUT2D eigenvalue weighted by Gasteiger charge is -2.02. The van der Waals surface area contributed by atoms with Crippen LogP contribution in [-0.4, -0.2) is 4.98 Å². The van der Waals surface area contributed by atoms with Crippen molar-refractivity contribution in [3.63, 3.8) is 0 Å². The molecule has 16 heavy (non-hydrogen) atoms. The smallest absolute Gasteiger partial charge is 0.123 e. The van der Waals surface area contributed by atoms with E-state index in [0.717, 1.165) is 11.4 Å². The molecule has 0 radical (unpaired) electrons. The summed E-state index contributed by atoms with van der Waals surface area (Å²) in [6.07, 6.45) is 1.15. The fourth-order valence-electron chi connectivity index (χ4n) is 1.55. The van der Waals surface area contributed by atoms with Crippen LogP contribution < -0.4 is 0 Å². The minimum absolute atomic E-state index is 0.565. The highest BCUT2D eigenvalue weighted by Crippen LogP contribution is 2.28. The summed E-state index contributed by atoms with van der Waals surface area (Å²) in [6, 6.07) is 8.57. The SMILES string of the molecule is CCC(C)c1csc(-c2ccc(C)cc2)n1. The summed E-state index contributed by atoms with van der Waals surface area (Å²) in [5.74, 6) is 0.565. The molecule has 1 aromatic carbocycles. The van der Waals surface area contributed by atoms with Gasteiger partial charge in [0.05, 0.1) is 5.69 Å². The highest BCUT2D eigenvalue weighted by Gasteiger charge is 2.09. The van der Waals surface area contributed by atoms with Crippen molar-refractivity contribution in [1.29, 1.82) is 0 Å². The molecule has 1 nitrogen and oxygen atoms in total. The molecular weight excluding hydrogens is 214 g/mol. The Morgan fingerprint density at radius 3 is 2.56 bits per heavy atom. The van der Waals surface area contributed by atoms with Crippen molar-refractivity contribution in [2.45, 2.75) is 33.1 Å². The van der Waals surface area contributed by atoms with Crippen molar-refractivity contribution in [3.05, 3.63) is 40.9 Å². The predicted molar refractivity (Wildman–Crippen MR) is 71.0 cm³/mol. The fourth-order valence-corrected chi connectivity index (χ4v) is 2.50. The first-order valence-corrected chi connectivity index (χ1v) is 6.61. The van der Waals surface area contributed by atoms with Crippen LogP contribution in [0.3, 0.4) is 0 Å². The lowest BCUT2D eigenvalue weighted by molar-refractivity contribution is 0.714. The Balaban J connectivity index is 2.28. The highest BCUT2D eigenvalue weighted by molar-refractivity contribution is 7.13. The van der Waals surface area contributed by atoms with Crippen LogP contribution in [0.25, 0.3) is 10.6 Å². The van der Waals surface area contributed by atoms with E-state index >= 15 is 0 Å². The molecule has 1 atom stereocenters. The summed E-state index contributed by atoms with van der Waals surface area (Å²) >= 11 is 1.74. The molecule has 84 valence electrons. The summed E-state index contributed by atoms with van der Waals surface area (Å²) < 4.78 is 0. The first-order valence-electron chi connectivity index (χ1n) is 5.73. The second-order valence-corrected chi connectivity index (χ2v) is 5.11. The van der Waals surface area contributed by atoms with Crippen LogP contribution in [0.1, 0.15) is 37.4 Å². The zero-order valence-electron chi connectivity index (χ0n) is 10.0. The van der Waals surface area contributed by atoms with E-state index in [1.54, 1.807) is 11.3 Å². The van der Waals surface area contributed by atoms with Gasteiger partial charge in [0.2, 0.25) is 0 Å². The maximum Gasteiger partial charge on any atom is 0.123 e. The number of aromatic nitrogens is 1. The average Bonchev–Trinajstić information content (AvgIpc) is 2.78. The van der Waals surface area contributed by atoms with E-state index in [0.29, 0.717) is 5.92 Å². The number of hydrogen-bond acceptors (Lipinski definition) is 2. The van der Waals surface area contributed by atoms with Crippen molar-refractivity contribution < 1.29 is 0 Å². The summed E-state index contributed by atoms with van der Waals surface area (Å²) in [4.78, 5) is 4.70. The Labute approximate surface area is 101 Å². The van der Waals surface area contributed by atoms with Gasteiger partial charge in [0.25, 0.3) is 0 Å². The molecule has 0 N–H and O–H groups in total. The van der Waals surface area contributed by atoms with E-state index in [1.165, 1.54) is 16.8 Å². The number of thiazole rings is 1. The summed E-state index contributed by atoms with van der Waals surface area (Å²) in [7, 11) is 0. The molecule has 2 rings (SSSR count). The normalized spacial score (nSPS) is 12.7. The topological polar surface area (TPSA) is 12.9 Å². The standard InChI is InChI=1S/C14H17NS/c1-4-11(3)13-9-16-14(15-13)12-7-5-10(2)6-8-12/h5-9,11H,4H2,1-3H3. The van der Waals surface area contributed by atoms with E-state index in [-0.39, 0.29) is 0 Å². The Hall–Kier alpha value is -1.15. The van der Waals surface area contributed by atoms with Gasteiger partial charge in [-0.3, -0.25) is 0 Å². The van der Waals surface area contributed by atoms with Crippen LogP contribution in [0.5, 0.6) is 0 Å². The van der Waals surface area contributed by atoms with Gasteiger partial charge in [-0.2, -0.15) is 0 Å². The van der Waals surface area contributed by atoms with E-state index in [9.17, 15) is 0 Å². The fraction of sp³-hybridized carbons (Fsp3) is 0.357. The molecule has 0 amide bonds. The second-order valence-electron chi connectivity index (χ2n) is 4.25. The Bertz CT molecular complexity index is 456. The largest absolute Gasteiger partial charge is 0.241 e. The van der Waals surface area contributed by atoms with Crippen molar-refractivity contribution >= 4 is 11.3 Å². The average molecular weight is 231 g/mol. The summed E-state index contributed by atoms with van der Waals surface area (Å²) in [6.45, 7) is 6.54. The molecule has 0 saturated heterocycles. The van der Waals surface area contributed by atoms with E-state index < -0.39 is 0 Å². The first-order chi connectivity index (χ1) is 7.70. The zero-order chi connectivity index (χ0) is 11.5.